The highest BCUT2D eigenvalue weighted by Gasteiger charge is 2.37. The summed E-state index contributed by atoms with van der Waals surface area (Å²) in [5.74, 6) is 1.72. The van der Waals surface area contributed by atoms with Crippen LogP contribution in [0.1, 0.15) is 25.3 Å². The molecule has 0 N–H and O–H groups in total. The molecule has 2 aliphatic heterocycles. The first-order chi connectivity index (χ1) is 9.24. The summed E-state index contributed by atoms with van der Waals surface area (Å²) < 4.78 is 11.2. The maximum Gasteiger partial charge on any atom is 0.118 e. The van der Waals surface area contributed by atoms with Crippen molar-refractivity contribution < 1.29 is 9.47 Å². The number of hydrogen-bond acceptors (Lipinski definition) is 3. The molecule has 0 bridgehead atoms. The van der Waals surface area contributed by atoms with Crippen LogP contribution in [-0.4, -0.2) is 37.3 Å². The molecule has 0 radical (unpaired) electrons. The summed E-state index contributed by atoms with van der Waals surface area (Å²) in [5.41, 5.74) is 1.35. The van der Waals surface area contributed by atoms with Crippen LogP contribution in [0.15, 0.2) is 24.3 Å². The van der Waals surface area contributed by atoms with Crippen molar-refractivity contribution in [1.29, 1.82) is 0 Å². The average molecular weight is 261 g/mol. The molecule has 104 valence electrons. The van der Waals surface area contributed by atoms with Gasteiger partial charge < -0.3 is 9.47 Å². The van der Waals surface area contributed by atoms with Gasteiger partial charge in [0.1, 0.15) is 5.75 Å². The Hall–Kier alpha value is -1.06. The molecule has 0 amide bonds. The molecule has 1 aromatic carbocycles. The Morgan fingerprint density at radius 3 is 2.84 bits per heavy atom. The maximum atomic E-state index is 6.01. The third kappa shape index (κ3) is 2.93. The zero-order valence-electron chi connectivity index (χ0n) is 11.8. The van der Waals surface area contributed by atoms with Crippen LogP contribution in [-0.2, 0) is 11.3 Å². The van der Waals surface area contributed by atoms with Gasteiger partial charge in [0, 0.05) is 13.1 Å². The Labute approximate surface area is 115 Å². The van der Waals surface area contributed by atoms with Crippen molar-refractivity contribution in [1.82, 2.24) is 4.90 Å². The smallest absolute Gasteiger partial charge is 0.118 e. The Kier molecular flexibility index (Phi) is 3.76. The third-order valence-electron chi connectivity index (χ3n) is 4.39. The number of hydrogen-bond donors (Lipinski definition) is 0. The summed E-state index contributed by atoms with van der Waals surface area (Å²) in [6, 6.07) is 8.39. The fraction of sp³-hybridized carbons (Fsp3) is 0.625. The van der Waals surface area contributed by atoms with E-state index in [-0.39, 0.29) is 0 Å². The minimum atomic E-state index is 0.455. The van der Waals surface area contributed by atoms with Gasteiger partial charge >= 0.3 is 0 Å². The van der Waals surface area contributed by atoms with Gasteiger partial charge in [-0.1, -0.05) is 12.1 Å². The number of likely N-dealkylation sites (tertiary alicyclic amines) is 1. The van der Waals surface area contributed by atoms with Crippen LogP contribution in [0.4, 0.5) is 0 Å². The standard InChI is InChI=1S/C16H23NO2/c1-12-9-14-7-8-17(11-16(14)19-12)10-13-3-5-15(18-2)6-4-13/h3-6,12,14,16H,7-11H2,1-2H3/t12-,14-,16+/m1/s1. The van der Waals surface area contributed by atoms with Crippen molar-refractivity contribution in [2.24, 2.45) is 5.92 Å². The highest BCUT2D eigenvalue weighted by Crippen LogP contribution is 2.33. The Bertz CT molecular complexity index is 417. The molecule has 0 saturated carbocycles. The second-order valence-electron chi connectivity index (χ2n) is 5.85. The number of methoxy groups -OCH3 is 1. The molecular weight excluding hydrogens is 238 g/mol. The molecule has 2 heterocycles. The monoisotopic (exact) mass is 261 g/mol. The van der Waals surface area contributed by atoms with Crippen molar-refractivity contribution in [2.45, 2.75) is 38.5 Å². The minimum Gasteiger partial charge on any atom is -0.497 e. The Morgan fingerprint density at radius 2 is 2.11 bits per heavy atom. The van der Waals surface area contributed by atoms with Gasteiger partial charge in [0.05, 0.1) is 19.3 Å². The van der Waals surface area contributed by atoms with Crippen molar-refractivity contribution >= 4 is 0 Å². The predicted molar refractivity (Wildman–Crippen MR) is 75.3 cm³/mol. The fourth-order valence-corrected chi connectivity index (χ4v) is 3.37. The number of rotatable bonds is 3. The van der Waals surface area contributed by atoms with E-state index in [0.717, 1.165) is 24.8 Å². The number of benzene rings is 1. The Balaban J connectivity index is 1.58. The van der Waals surface area contributed by atoms with Crippen molar-refractivity contribution in [3.8, 4) is 5.75 Å². The van der Waals surface area contributed by atoms with E-state index >= 15 is 0 Å². The van der Waals surface area contributed by atoms with E-state index in [2.05, 4.69) is 24.0 Å². The number of nitrogens with zero attached hydrogens (tertiary/aromatic N) is 1. The molecule has 3 rings (SSSR count). The van der Waals surface area contributed by atoms with Crippen LogP contribution >= 0.6 is 0 Å². The van der Waals surface area contributed by atoms with Crippen LogP contribution in [0.3, 0.4) is 0 Å². The summed E-state index contributed by atoms with van der Waals surface area (Å²) in [7, 11) is 1.71. The normalized spacial score (nSPS) is 31.2. The Morgan fingerprint density at radius 1 is 1.32 bits per heavy atom. The first kappa shape index (κ1) is 12.9. The lowest BCUT2D eigenvalue weighted by Crippen LogP contribution is -2.41. The second-order valence-corrected chi connectivity index (χ2v) is 5.85. The van der Waals surface area contributed by atoms with E-state index < -0.39 is 0 Å². The molecule has 1 aromatic rings. The SMILES string of the molecule is COc1ccc(CN2CC[C@@H]3C[C@@H](C)O[C@H]3C2)cc1. The first-order valence-corrected chi connectivity index (χ1v) is 7.25. The molecule has 2 fully saturated rings. The minimum absolute atomic E-state index is 0.455. The summed E-state index contributed by atoms with van der Waals surface area (Å²) >= 11 is 0. The fourth-order valence-electron chi connectivity index (χ4n) is 3.37. The largest absolute Gasteiger partial charge is 0.497 e. The van der Waals surface area contributed by atoms with Gasteiger partial charge in [-0.25, -0.2) is 0 Å². The van der Waals surface area contributed by atoms with E-state index in [1.54, 1.807) is 7.11 Å². The molecule has 0 unspecified atom stereocenters. The first-order valence-electron chi connectivity index (χ1n) is 7.25. The lowest BCUT2D eigenvalue weighted by molar-refractivity contribution is -0.00276. The molecular formula is C16H23NO2. The summed E-state index contributed by atoms with van der Waals surface area (Å²) in [4.78, 5) is 2.51. The van der Waals surface area contributed by atoms with Gasteiger partial charge in [0.2, 0.25) is 0 Å². The highest BCUT2D eigenvalue weighted by molar-refractivity contribution is 5.27. The third-order valence-corrected chi connectivity index (χ3v) is 4.39. The van der Waals surface area contributed by atoms with Crippen LogP contribution in [0, 0.1) is 5.92 Å². The van der Waals surface area contributed by atoms with E-state index in [0.29, 0.717) is 12.2 Å². The van der Waals surface area contributed by atoms with Gasteiger partial charge in [0.15, 0.2) is 0 Å². The molecule has 0 aliphatic carbocycles. The zero-order valence-corrected chi connectivity index (χ0v) is 11.8. The van der Waals surface area contributed by atoms with E-state index in [4.69, 9.17) is 9.47 Å². The topological polar surface area (TPSA) is 21.7 Å². The maximum absolute atomic E-state index is 6.01. The second kappa shape index (κ2) is 5.51. The van der Waals surface area contributed by atoms with Gasteiger partial charge in [-0.15, -0.1) is 0 Å². The summed E-state index contributed by atoms with van der Waals surface area (Å²) in [6.07, 6.45) is 3.45. The zero-order chi connectivity index (χ0) is 13.2. The molecule has 3 atom stereocenters. The number of fused-ring (bicyclic) bond motifs is 1. The van der Waals surface area contributed by atoms with Gasteiger partial charge in [-0.2, -0.15) is 0 Å². The molecule has 2 aliphatic rings. The molecule has 3 nitrogen and oxygen atoms in total. The van der Waals surface area contributed by atoms with Gasteiger partial charge in [0.25, 0.3) is 0 Å². The van der Waals surface area contributed by atoms with E-state index in [9.17, 15) is 0 Å². The van der Waals surface area contributed by atoms with Gasteiger partial charge in [-0.3, -0.25) is 4.90 Å². The van der Waals surface area contributed by atoms with Gasteiger partial charge in [-0.05, 0) is 49.9 Å². The summed E-state index contributed by atoms with van der Waals surface area (Å²) in [6.45, 7) is 5.50. The van der Waals surface area contributed by atoms with Crippen LogP contribution in [0.25, 0.3) is 0 Å². The quantitative estimate of drug-likeness (QED) is 0.835. The van der Waals surface area contributed by atoms with Crippen molar-refractivity contribution in [3.63, 3.8) is 0 Å². The average Bonchev–Trinajstić information content (AvgIpc) is 2.79. The molecule has 2 saturated heterocycles. The van der Waals surface area contributed by atoms with E-state index in [1.165, 1.54) is 24.9 Å². The highest BCUT2D eigenvalue weighted by atomic mass is 16.5. The van der Waals surface area contributed by atoms with Crippen LogP contribution in [0.2, 0.25) is 0 Å². The number of piperidine rings is 1. The van der Waals surface area contributed by atoms with Crippen LogP contribution < -0.4 is 4.74 Å². The molecule has 0 spiro atoms. The predicted octanol–water partition coefficient (Wildman–Crippen LogP) is 2.69. The molecule has 0 aromatic heterocycles. The van der Waals surface area contributed by atoms with Crippen molar-refractivity contribution in [2.75, 3.05) is 20.2 Å². The lowest BCUT2D eigenvalue weighted by Gasteiger charge is -2.34. The van der Waals surface area contributed by atoms with Crippen molar-refractivity contribution in [3.05, 3.63) is 29.8 Å². The molecule has 19 heavy (non-hydrogen) atoms. The van der Waals surface area contributed by atoms with E-state index in [1.807, 2.05) is 12.1 Å². The van der Waals surface area contributed by atoms with Crippen LogP contribution in [0.5, 0.6) is 5.75 Å². The lowest BCUT2D eigenvalue weighted by atomic mass is 9.92. The number of ether oxygens (including phenoxy) is 2. The summed E-state index contributed by atoms with van der Waals surface area (Å²) in [5, 5.41) is 0. The molecule has 3 heteroatoms.